The topological polar surface area (TPSA) is 98.1 Å². The van der Waals surface area contributed by atoms with Crippen molar-refractivity contribution in [1.29, 1.82) is 0 Å². The quantitative estimate of drug-likeness (QED) is 0.251. The van der Waals surface area contributed by atoms with Gasteiger partial charge in [0, 0.05) is 11.4 Å². The van der Waals surface area contributed by atoms with Gasteiger partial charge in [0.15, 0.2) is 5.16 Å². The van der Waals surface area contributed by atoms with Crippen LogP contribution < -0.4 is 15.4 Å². The number of carbonyl (C=O) groups excluding carboxylic acids is 2. The standard InChI is InChI=1S/C29H31N5O3S/c1-4-21-13-11-12-20(3)28(21)31-27(36)19-38-29-33-32-25(34(29)22-14-7-6-8-15-22)18-26(35)30-23-16-9-10-17-24(23)37-5-2/h6-17H,4-5,18-19H2,1-3H3,(H,30,35)(H,31,36). The van der Waals surface area contributed by atoms with Gasteiger partial charge in [0.25, 0.3) is 0 Å². The summed E-state index contributed by atoms with van der Waals surface area (Å²) in [6, 6.07) is 22.9. The van der Waals surface area contributed by atoms with Crippen molar-refractivity contribution in [3.05, 3.63) is 89.7 Å². The molecule has 2 amide bonds. The molecular formula is C29H31N5O3S. The lowest BCUT2D eigenvalue weighted by Crippen LogP contribution is -2.18. The van der Waals surface area contributed by atoms with Gasteiger partial charge in [-0.05, 0) is 55.7 Å². The average Bonchev–Trinajstić information content (AvgIpc) is 3.32. The van der Waals surface area contributed by atoms with Crippen LogP contribution in [0.4, 0.5) is 11.4 Å². The Morgan fingerprint density at radius 1 is 0.895 bits per heavy atom. The van der Waals surface area contributed by atoms with Crippen LogP contribution in [-0.4, -0.2) is 38.9 Å². The van der Waals surface area contributed by atoms with Crippen molar-refractivity contribution in [3.63, 3.8) is 0 Å². The number of amides is 2. The SMILES string of the molecule is CCOc1ccccc1NC(=O)Cc1nnc(SCC(=O)Nc2c(C)cccc2CC)n1-c1ccccc1. The van der Waals surface area contributed by atoms with Crippen molar-refractivity contribution in [1.82, 2.24) is 14.8 Å². The predicted octanol–water partition coefficient (Wildman–Crippen LogP) is 5.45. The number of hydrogen-bond acceptors (Lipinski definition) is 6. The van der Waals surface area contributed by atoms with E-state index in [1.54, 1.807) is 6.07 Å². The van der Waals surface area contributed by atoms with Crippen LogP contribution in [0.1, 0.15) is 30.8 Å². The van der Waals surface area contributed by atoms with E-state index >= 15 is 0 Å². The van der Waals surface area contributed by atoms with Crippen molar-refractivity contribution in [2.45, 2.75) is 38.8 Å². The average molecular weight is 530 g/mol. The first-order chi connectivity index (χ1) is 18.5. The summed E-state index contributed by atoms with van der Waals surface area (Å²) in [6.45, 7) is 6.43. The number of nitrogens with zero attached hydrogens (tertiary/aromatic N) is 3. The number of hydrogen-bond donors (Lipinski definition) is 2. The molecule has 8 nitrogen and oxygen atoms in total. The van der Waals surface area contributed by atoms with Crippen LogP contribution in [-0.2, 0) is 22.4 Å². The molecule has 0 unspecified atom stereocenters. The second-order valence-corrected chi connectivity index (χ2v) is 9.47. The molecule has 1 heterocycles. The van der Waals surface area contributed by atoms with Gasteiger partial charge in [-0.1, -0.05) is 67.2 Å². The van der Waals surface area contributed by atoms with Crippen molar-refractivity contribution in [3.8, 4) is 11.4 Å². The summed E-state index contributed by atoms with van der Waals surface area (Å²) in [6.07, 6.45) is 0.825. The summed E-state index contributed by atoms with van der Waals surface area (Å²) in [5, 5.41) is 15.1. The second-order valence-electron chi connectivity index (χ2n) is 8.52. The second kappa shape index (κ2) is 12.9. The molecule has 0 saturated carbocycles. The number of benzene rings is 3. The van der Waals surface area contributed by atoms with Gasteiger partial charge in [-0.3, -0.25) is 14.2 Å². The zero-order valence-corrected chi connectivity index (χ0v) is 22.5. The lowest BCUT2D eigenvalue weighted by Gasteiger charge is -2.14. The van der Waals surface area contributed by atoms with Crippen molar-refractivity contribution < 1.29 is 14.3 Å². The third-order valence-corrected chi connectivity index (χ3v) is 6.76. The molecule has 0 aliphatic heterocycles. The van der Waals surface area contributed by atoms with Gasteiger partial charge in [0.05, 0.1) is 24.5 Å². The normalized spacial score (nSPS) is 10.7. The molecule has 3 aromatic carbocycles. The monoisotopic (exact) mass is 529 g/mol. The highest BCUT2D eigenvalue weighted by atomic mass is 32.2. The van der Waals surface area contributed by atoms with E-state index < -0.39 is 0 Å². The molecule has 0 aliphatic carbocycles. The summed E-state index contributed by atoms with van der Waals surface area (Å²) in [7, 11) is 0. The molecule has 4 aromatic rings. The number of carbonyl (C=O) groups is 2. The fraction of sp³-hybridized carbons (Fsp3) is 0.241. The minimum Gasteiger partial charge on any atom is -0.492 e. The van der Waals surface area contributed by atoms with E-state index in [4.69, 9.17) is 4.74 Å². The number of para-hydroxylation sites is 4. The Kier molecular flexibility index (Phi) is 9.16. The number of rotatable bonds is 11. The van der Waals surface area contributed by atoms with E-state index in [0.29, 0.717) is 29.0 Å². The van der Waals surface area contributed by atoms with Gasteiger partial charge in [-0.15, -0.1) is 10.2 Å². The summed E-state index contributed by atoms with van der Waals surface area (Å²) in [5.74, 6) is 0.847. The first kappa shape index (κ1) is 26.9. The Morgan fingerprint density at radius 2 is 1.66 bits per heavy atom. The van der Waals surface area contributed by atoms with Crippen LogP contribution in [0.2, 0.25) is 0 Å². The Labute approximate surface area is 226 Å². The largest absolute Gasteiger partial charge is 0.492 e. The molecule has 0 bridgehead atoms. The Bertz CT molecular complexity index is 1400. The van der Waals surface area contributed by atoms with E-state index in [-0.39, 0.29) is 24.0 Å². The van der Waals surface area contributed by atoms with E-state index in [0.717, 1.165) is 28.9 Å². The third-order valence-electron chi connectivity index (χ3n) is 5.83. The maximum Gasteiger partial charge on any atom is 0.234 e. The number of thioether (sulfide) groups is 1. The molecule has 0 atom stereocenters. The predicted molar refractivity (Wildman–Crippen MR) is 151 cm³/mol. The number of ether oxygens (including phenoxy) is 1. The van der Waals surface area contributed by atoms with Crippen LogP contribution in [0.25, 0.3) is 5.69 Å². The third kappa shape index (κ3) is 6.60. The minimum atomic E-state index is -0.248. The van der Waals surface area contributed by atoms with Crippen LogP contribution in [0.3, 0.4) is 0 Å². The minimum absolute atomic E-state index is 0.00181. The summed E-state index contributed by atoms with van der Waals surface area (Å²) >= 11 is 1.28. The fourth-order valence-electron chi connectivity index (χ4n) is 4.04. The van der Waals surface area contributed by atoms with E-state index in [1.165, 1.54) is 11.8 Å². The van der Waals surface area contributed by atoms with E-state index in [2.05, 4.69) is 27.8 Å². The van der Waals surface area contributed by atoms with Gasteiger partial charge in [0.2, 0.25) is 11.8 Å². The van der Waals surface area contributed by atoms with Gasteiger partial charge in [0.1, 0.15) is 11.6 Å². The number of nitrogens with one attached hydrogen (secondary N) is 2. The molecule has 9 heteroatoms. The van der Waals surface area contributed by atoms with E-state index in [9.17, 15) is 9.59 Å². The fourth-order valence-corrected chi connectivity index (χ4v) is 4.81. The Balaban J connectivity index is 1.51. The first-order valence-electron chi connectivity index (χ1n) is 12.5. The molecule has 0 fully saturated rings. The summed E-state index contributed by atoms with van der Waals surface area (Å²) in [5.41, 5.74) is 4.38. The van der Waals surface area contributed by atoms with Crippen molar-refractivity contribution in [2.24, 2.45) is 0 Å². The number of aromatic nitrogens is 3. The highest BCUT2D eigenvalue weighted by Crippen LogP contribution is 2.26. The number of anilines is 2. The first-order valence-corrected chi connectivity index (χ1v) is 13.5. The molecule has 4 rings (SSSR count). The Hall–Kier alpha value is -4.11. The maximum absolute atomic E-state index is 13.0. The molecule has 1 aromatic heterocycles. The highest BCUT2D eigenvalue weighted by molar-refractivity contribution is 7.99. The van der Waals surface area contributed by atoms with Crippen molar-refractivity contribution in [2.75, 3.05) is 23.0 Å². The lowest BCUT2D eigenvalue weighted by molar-refractivity contribution is -0.116. The van der Waals surface area contributed by atoms with Gasteiger partial charge >= 0.3 is 0 Å². The van der Waals surface area contributed by atoms with E-state index in [1.807, 2.05) is 85.1 Å². The smallest absolute Gasteiger partial charge is 0.234 e. The maximum atomic E-state index is 13.0. The zero-order valence-electron chi connectivity index (χ0n) is 21.7. The van der Waals surface area contributed by atoms with Crippen molar-refractivity contribution >= 4 is 35.0 Å². The molecule has 196 valence electrons. The van der Waals surface area contributed by atoms with Crippen LogP contribution in [0.15, 0.2) is 78.0 Å². The van der Waals surface area contributed by atoms with Gasteiger partial charge in [-0.2, -0.15) is 0 Å². The highest BCUT2D eigenvalue weighted by Gasteiger charge is 2.19. The molecule has 0 saturated heterocycles. The van der Waals surface area contributed by atoms with Gasteiger partial charge in [-0.25, -0.2) is 0 Å². The summed E-state index contributed by atoms with van der Waals surface area (Å²) in [4.78, 5) is 25.8. The molecular weight excluding hydrogens is 498 g/mol. The number of aryl methyl sites for hydroxylation is 2. The molecule has 0 aliphatic rings. The van der Waals surface area contributed by atoms with Crippen LogP contribution in [0, 0.1) is 6.92 Å². The molecule has 2 N–H and O–H groups in total. The molecule has 0 spiro atoms. The van der Waals surface area contributed by atoms with Crippen LogP contribution in [0.5, 0.6) is 5.75 Å². The Morgan fingerprint density at radius 3 is 2.42 bits per heavy atom. The lowest BCUT2D eigenvalue weighted by atomic mass is 10.1. The molecule has 38 heavy (non-hydrogen) atoms. The van der Waals surface area contributed by atoms with Crippen LogP contribution >= 0.6 is 11.8 Å². The zero-order chi connectivity index (χ0) is 26.9. The van der Waals surface area contributed by atoms with Gasteiger partial charge < -0.3 is 15.4 Å². The summed E-state index contributed by atoms with van der Waals surface area (Å²) < 4.78 is 7.43. The molecule has 0 radical (unpaired) electrons.